The number of aromatic nitrogens is 1. The molecule has 2 aromatic rings. The molecule has 0 unspecified atom stereocenters. The van der Waals surface area contributed by atoms with Gasteiger partial charge in [-0.15, -0.1) is 0 Å². The maximum Gasteiger partial charge on any atom is 0.280 e. The molecule has 1 heterocycles. The number of benzene rings is 1. The number of anilines is 1. The molecule has 0 radical (unpaired) electrons. The maximum absolute atomic E-state index is 13.1. The van der Waals surface area contributed by atoms with Gasteiger partial charge in [-0.05, 0) is 25.0 Å². The molecule has 1 aromatic heterocycles. The SMILES string of the molecule is COCCNS(=O)(=O)c1ccc(/C(=N\O[C@@H]2CC[C@@H](OC)C2)C(=O)Nc2ncc(COC)s2)cc1. The molecular formula is C22H30N4O7S2. The number of nitrogens with one attached hydrogen (secondary N) is 2. The van der Waals surface area contributed by atoms with Crippen molar-refractivity contribution in [2.45, 2.75) is 43.0 Å². The minimum Gasteiger partial charge on any atom is -0.392 e. The fourth-order valence-electron chi connectivity index (χ4n) is 3.45. The zero-order valence-corrected chi connectivity index (χ0v) is 21.5. The van der Waals surface area contributed by atoms with Crippen LogP contribution >= 0.6 is 11.3 Å². The Morgan fingerprint density at radius 3 is 2.54 bits per heavy atom. The summed E-state index contributed by atoms with van der Waals surface area (Å²) in [4.78, 5) is 23.9. The summed E-state index contributed by atoms with van der Waals surface area (Å²) < 4.78 is 42.7. The van der Waals surface area contributed by atoms with Gasteiger partial charge in [0.25, 0.3) is 5.91 Å². The van der Waals surface area contributed by atoms with Crippen LogP contribution in [0.3, 0.4) is 0 Å². The molecule has 3 rings (SSSR count). The fraction of sp³-hybridized carbons (Fsp3) is 0.500. The standard InChI is InChI=1S/C22H30N4O7S2/c1-30-11-10-24-35(28,29)19-8-4-15(5-9-19)20(26-33-17-7-6-16(12-17)32-3)21(27)25-22-23-13-18(34-22)14-31-2/h4-5,8-9,13,16-17,24H,6-7,10-12,14H2,1-3H3,(H,23,25,27)/b26-20+/t16-,17-/m1/s1. The third kappa shape index (κ3) is 7.78. The molecule has 0 saturated heterocycles. The van der Waals surface area contributed by atoms with E-state index in [4.69, 9.17) is 19.0 Å². The number of oxime groups is 1. The monoisotopic (exact) mass is 526 g/mol. The predicted molar refractivity (Wildman–Crippen MR) is 131 cm³/mol. The Morgan fingerprint density at radius 2 is 1.89 bits per heavy atom. The van der Waals surface area contributed by atoms with E-state index >= 15 is 0 Å². The molecule has 0 spiro atoms. The molecule has 13 heteroatoms. The minimum absolute atomic E-state index is 0.00523. The number of nitrogens with zero attached hydrogens (tertiary/aromatic N) is 2. The van der Waals surface area contributed by atoms with E-state index in [0.29, 0.717) is 23.7 Å². The average Bonchev–Trinajstić information content (AvgIpc) is 3.49. The number of rotatable bonds is 13. The number of thiazole rings is 1. The lowest BCUT2D eigenvalue weighted by molar-refractivity contribution is -0.110. The molecule has 0 aliphatic heterocycles. The second kappa shape index (κ2) is 13.0. The van der Waals surface area contributed by atoms with Crippen molar-refractivity contribution in [3.8, 4) is 0 Å². The summed E-state index contributed by atoms with van der Waals surface area (Å²) in [7, 11) is 1.00. The molecule has 11 nitrogen and oxygen atoms in total. The molecule has 35 heavy (non-hydrogen) atoms. The van der Waals surface area contributed by atoms with Gasteiger partial charge in [-0.3, -0.25) is 10.1 Å². The van der Waals surface area contributed by atoms with E-state index in [1.807, 2.05) is 0 Å². The Bertz CT molecular complexity index is 1100. The summed E-state index contributed by atoms with van der Waals surface area (Å²) in [6.45, 7) is 0.778. The van der Waals surface area contributed by atoms with Gasteiger partial charge in [-0.1, -0.05) is 28.6 Å². The number of hydrogen-bond donors (Lipinski definition) is 2. The lowest BCUT2D eigenvalue weighted by Crippen LogP contribution is -2.27. The first-order valence-corrected chi connectivity index (χ1v) is 13.3. The summed E-state index contributed by atoms with van der Waals surface area (Å²) in [5, 5.41) is 7.27. The Balaban J connectivity index is 1.80. The predicted octanol–water partition coefficient (Wildman–Crippen LogP) is 2.14. The summed E-state index contributed by atoms with van der Waals surface area (Å²) in [6, 6.07) is 5.84. The van der Waals surface area contributed by atoms with E-state index in [1.54, 1.807) is 20.4 Å². The van der Waals surface area contributed by atoms with Gasteiger partial charge < -0.3 is 19.0 Å². The van der Waals surface area contributed by atoms with E-state index in [1.165, 1.54) is 42.7 Å². The van der Waals surface area contributed by atoms with Crippen LogP contribution in [0.5, 0.6) is 0 Å². The minimum atomic E-state index is -3.72. The average molecular weight is 527 g/mol. The summed E-state index contributed by atoms with van der Waals surface area (Å²) >= 11 is 1.28. The van der Waals surface area contributed by atoms with Gasteiger partial charge in [0.1, 0.15) is 6.10 Å². The van der Waals surface area contributed by atoms with Crippen molar-refractivity contribution in [1.82, 2.24) is 9.71 Å². The van der Waals surface area contributed by atoms with Crippen LogP contribution in [0.25, 0.3) is 0 Å². The van der Waals surface area contributed by atoms with Gasteiger partial charge in [0, 0.05) is 46.1 Å². The molecule has 1 aliphatic carbocycles. The van der Waals surface area contributed by atoms with Gasteiger partial charge in [0.15, 0.2) is 10.8 Å². The third-order valence-electron chi connectivity index (χ3n) is 5.27. The number of methoxy groups -OCH3 is 3. The topological polar surface area (TPSA) is 137 Å². The molecule has 1 aromatic carbocycles. The van der Waals surface area contributed by atoms with Crippen molar-refractivity contribution < 1.29 is 32.3 Å². The number of carbonyl (C=O) groups is 1. The van der Waals surface area contributed by atoms with Crippen LogP contribution in [-0.4, -0.2) is 71.7 Å². The van der Waals surface area contributed by atoms with E-state index in [-0.39, 0.29) is 36.0 Å². The molecule has 1 amide bonds. The van der Waals surface area contributed by atoms with Gasteiger partial charge >= 0.3 is 0 Å². The van der Waals surface area contributed by atoms with Crippen LogP contribution in [0.1, 0.15) is 29.7 Å². The van der Waals surface area contributed by atoms with Crippen LogP contribution < -0.4 is 10.0 Å². The highest BCUT2D eigenvalue weighted by Gasteiger charge is 2.27. The zero-order chi connectivity index (χ0) is 25.3. The van der Waals surface area contributed by atoms with Gasteiger partial charge in [0.2, 0.25) is 10.0 Å². The highest BCUT2D eigenvalue weighted by Crippen LogP contribution is 2.25. The summed E-state index contributed by atoms with van der Waals surface area (Å²) in [6.07, 6.45) is 3.82. The molecule has 1 aliphatic rings. The van der Waals surface area contributed by atoms with E-state index in [0.717, 1.165) is 17.7 Å². The summed E-state index contributed by atoms with van der Waals surface area (Å²) in [5.41, 5.74) is 0.402. The zero-order valence-electron chi connectivity index (χ0n) is 19.9. The van der Waals surface area contributed by atoms with Gasteiger partial charge in [0.05, 0.1) is 29.1 Å². The van der Waals surface area contributed by atoms with Crippen LogP contribution in [0.4, 0.5) is 5.13 Å². The second-order valence-corrected chi connectivity index (χ2v) is 10.7. The lowest BCUT2D eigenvalue weighted by Gasteiger charge is -2.12. The van der Waals surface area contributed by atoms with E-state index < -0.39 is 15.9 Å². The highest BCUT2D eigenvalue weighted by molar-refractivity contribution is 7.89. The van der Waals surface area contributed by atoms with Crippen molar-refractivity contribution in [1.29, 1.82) is 0 Å². The number of amides is 1. The first-order chi connectivity index (χ1) is 16.9. The van der Waals surface area contributed by atoms with Crippen molar-refractivity contribution in [3.05, 3.63) is 40.9 Å². The van der Waals surface area contributed by atoms with Crippen LogP contribution in [0.2, 0.25) is 0 Å². The summed E-state index contributed by atoms with van der Waals surface area (Å²) in [5.74, 6) is -0.529. The van der Waals surface area contributed by atoms with E-state index in [2.05, 4.69) is 20.2 Å². The molecule has 0 bridgehead atoms. The first-order valence-electron chi connectivity index (χ1n) is 11.0. The fourth-order valence-corrected chi connectivity index (χ4v) is 5.24. The Kier molecular flexibility index (Phi) is 10.1. The quantitative estimate of drug-likeness (QED) is 0.230. The number of sulfonamides is 1. The Labute approximate surface area is 208 Å². The largest absolute Gasteiger partial charge is 0.392 e. The molecular weight excluding hydrogens is 496 g/mol. The van der Waals surface area contributed by atoms with Crippen molar-refractivity contribution in [3.63, 3.8) is 0 Å². The van der Waals surface area contributed by atoms with Crippen LogP contribution in [0.15, 0.2) is 40.5 Å². The first kappa shape index (κ1) is 27.2. The van der Waals surface area contributed by atoms with Crippen LogP contribution in [-0.2, 0) is 40.5 Å². The molecule has 1 fully saturated rings. The van der Waals surface area contributed by atoms with Crippen LogP contribution in [0, 0.1) is 0 Å². The Hall–Kier alpha value is -2.42. The highest BCUT2D eigenvalue weighted by atomic mass is 32.2. The molecule has 1 saturated carbocycles. The number of hydrogen-bond acceptors (Lipinski definition) is 10. The smallest absolute Gasteiger partial charge is 0.280 e. The normalized spacial score (nSPS) is 18.5. The molecule has 192 valence electrons. The maximum atomic E-state index is 13.1. The van der Waals surface area contributed by atoms with Crippen molar-refractivity contribution >= 4 is 38.1 Å². The lowest BCUT2D eigenvalue weighted by atomic mass is 10.1. The number of ether oxygens (including phenoxy) is 3. The second-order valence-electron chi connectivity index (χ2n) is 7.77. The van der Waals surface area contributed by atoms with Crippen molar-refractivity contribution in [2.24, 2.45) is 5.16 Å². The Morgan fingerprint density at radius 1 is 1.14 bits per heavy atom. The molecule has 2 atom stereocenters. The van der Waals surface area contributed by atoms with Gasteiger partial charge in [-0.25, -0.2) is 18.1 Å². The van der Waals surface area contributed by atoms with E-state index in [9.17, 15) is 13.2 Å². The van der Waals surface area contributed by atoms with Crippen molar-refractivity contribution in [2.75, 3.05) is 39.8 Å². The number of carbonyl (C=O) groups excluding carboxylic acids is 1. The van der Waals surface area contributed by atoms with Gasteiger partial charge in [-0.2, -0.15) is 0 Å². The third-order valence-corrected chi connectivity index (χ3v) is 7.64. The molecule has 2 N–H and O–H groups in total.